The van der Waals surface area contributed by atoms with Crippen molar-refractivity contribution in [3.05, 3.63) is 28.2 Å². The lowest BCUT2D eigenvalue weighted by Gasteiger charge is -2.36. The minimum Gasteiger partial charge on any atom is -0.323 e. The Morgan fingerprint density at radius 2 is 1.94 bits per heavy atom. The van der Waals surface area contributed by atoms with Gasteiger partial charge in [-0.3, -0.25) is 15.0 Å². The Hall–Kier alpha value is -2.99. The van der Waals surface area contributed by atoms with Gasteiger partial charge >= 0.3 is 6.03 Å². The standard InChI is InChI=1S/C23H29N7O2/c1-22(2,3)11-15-17(13-29-9-7-23(8-10-29)20(31)26-21(32)27-23)28-30-18-6-4-5-14(18)16(12-24)25-19(15)30/h4-11,13H2,1-3H3,(H2,26,27,31,32). The molecule has 2 N–H and O–H groups in total. The highest BCUT2D eigenvalue weighted by molar-refractivity contribution is 6.07. The van der Waals surface area contributed by atoms with E-state index in [-0.39, 0.29) is 11.3 Å². The number of aromatic nitrogens is 3. The minimum atomic E-state index is -0.773. The zero-order chi connectivity index (χ0) is 22.7. The molecule has 168 valence electrons. The summed E-state index contributed by atoms with van der Waals surface area (Å²) in [4.78, 5) is 30.9. The van der Waals surface area contributed by atoms with Gasteiger partial charge in [-0.25, -0.2) is 14.3 Å². The third-order valence-corrected chi connectivity index (χ3v) is 6.90. The molecule has 0 atom stereocenters. The fourth-order valence-corrected chi connectivity index (χ4v) is 5.29. The highest BCUT2D eigenvalue weighted by Gasteiger charge is 2.47. The lowest BCUT2D eigenvalue weighted by molar-refractivity contribution is -0.125. The zero-order valence-electron chi connectivity index (χ0n) is 18.9. The summed E-state index contributed by atoms with van der Waals surface area (Å²) in [6.07, 6.45) is 4.81. The molecule has 2 fully saturated rings. The first-order chi connectivity index (χ1) is 15.2. The first-order valence-corrected chi connectivity index (χ1v) is 11.4. The molecule has 2 saturated heterocycles. The second-order valence-electron chi connectivity index (χ2n) is 10.5. The fourth-order valence-electron chi connectivity index (χ4n) is 5.29. The quantitative estimate of drug-likeness (QED) is 0.711. The Bertz CT molecular complexity index is 1160. The number of nitrogens with one attached hydrogen (secondary N) is 2. The van der Waals surface area contributed by atoms with Crippen molar-refractivity contribution in [1.82, 2.24) is 30.1 Å². The van der Waals surface area contributed by atoms with Crippen LogP contribution >= 0.6 is 0 Å². The molecule has 3 amide bonds. The van der Waals surface area contributed by atoms with Gasteiger partial charge in [-0.1, -0.05) is 20.8 Å². The summed E-state index contributed by atoms with van der Waals surface area (Å²) in [6.45, 7) is 8.66. The first kappa shape index (κ1) is 20.9. The number of rotatable bonds is 3. The van der Waals surface area contributed by atoms with E-state index in [9.17, 15) is 14.9 Å². The van der Waals surface area contributed by atoms with Gasteiger partial charge in [0.15, 0.2) is 5.65 Å². The summed E-state index contributed by atoms with van der Waals surface area (Å²) in [5.41, 5.74) is 4.88. The number of amides is 3. The van der Waals surface area contributed by atoms with Gasteiger partial charge in [0.1, 0.15) is 17.3 Å². The average molecular weight is 436 g/mol. The SMILES string of the molecule is CC(C)(C)Cc1c(CN2CCC3(CC2)NC(=O)NC3=O)nn2c3c(c(C#N)nc12)CCC3. The normalized spacial score (nSPS) is 20.4. The van der Waals surface area contributed by atoms with E-state index in [1.165, 1.54) is 0 Å². The molecule has 1 aliphatic carbocycles. The highest BCUT2D eigenvalue weighted by Crippen LogP contribution is 2.32. The lowest BCUT2D eigenvalue weighted by Crippen LogP contribution is -2.54. The molecule has 0 radical (unpaired) electrons. The third kappa shape index (κ3) is 3.43. The van der Waals surface area contributed by atoms with Crippen molar-refractivity contribution in [2.45, 2.75) is 71.4 Å². The van der Waals surface area contributed by atoms with Crippen molar-refractivity contribution in [2.75, 3.05) is 13.1 Å². The number of nitrogens with zero attached hydrogens (tertiary/aromatic N) is 5. The molecular weight excluding hydrogens is 406 g/mol. The molecule has 0 unspecified atom stereocenters. The maximum Gasteiger partial charge on any atom is 0.322 e. The van der Waals surface area contributed by atoms with Crippen LogP contribution in [0.2, 0.25) is 0 Å². The number of imide groups is 1. The van der Waals surface area contributed by atoms with Crippen LogP contribution in [0.15, 0.2) is 0 Å². The van der Waals surface area contributed by atoms with Crippen LogP contribution in [0, 0.1) is 16.7 Å². The molecule has 0 bridgehead atoms. The van der Waals surface area contributed by atoms with Crippen LogP contribution in [0.1, 0.15) is 68.2 Å². The monoisotopic (exact) mass is 435 g/mol. The number of urea groups is 1. The van der Waals surface area contributed by atoms with Crippen LogP contribution < -0.4 is 10.6 Å². The van der Waals surface area contributed by atoms with Gasteiger partial charge in [0.2, 0.25) is 0 Å². The molecule has 2 aliphatic heterocycles. The fraction of sp³-hybridized carbons (Fsp3) is 0.609. The molecule has 5 rings (SSSR count). The third-order valence-electron chi connectivity index (χ3n) is 6.90. The maximum atomic E-state index is 12.3. The van der Waals surface area contributed by atoms with Crippen LogP contribution in [0.3, 0.4) is 0 Å². The molecule has 9 nitrogen and oxygen atoms in total. The largest absolute Gasteiger partial charge is 0.323 e. The number of aryl methyl sites for hydroxylation is 1. The summed E-state index contributed by atoms with van der Waals surface area (Å²) in [6, 6.07) is 1.90. The number of nitriles is 1. The van der Waals surface area contributed by atoms with Gasteiger partial charge in [-0.05, 0) is 43.9 Å². The van der Waals surface area contributed by atoms with Crippen LogP contribution in [-0.4, -0.2) is 50.1 Å². The van der Waals surface area contributed by atoms with Crippen molar-refractivity contribution in [1.29, 1.82) is 5.26 Å². The molecule has 4 heterocycles. The van der Waals surface area contributed by atoms with Crippen LogP contribution in [0.4, 0.5) is 4.79 Å². The number of likely N-dealkylation sites (tertiary alicyclic amines) is 1. The van der Waals surface area contributed by atoms with Crippen LogP contribution in [0.5, 0.6) is 0 Å². The lowest BCUT2D eigenvalue weighted by atomic mass is 9.86. The molecule has 0 aromatic carbocycles. The molecule has 2 aromatic heterocycles. The van der Waals surface area contributed by atoms with Gasteiger partial charge in [0.05, 0.1) is 11.4 Å². The van der Waals surface area contributed by atoms with Crippen molar-refractivity contribution in [3.8, 4) is 6.07 Å². The van der Waals surface area contributed by atoms with Gasteiger partial charge in [-0.2, -0.15) is 10.4 Å². The summed E-state index contributed by atoms with van der Waals surface area (Å²) < 4.78 is 1.98. The predicted octanol–water partition coefficient (Wildman–Crippen LogP) is 1.85. The van der Waals surface area contributed by atoms with Crippen molar-refractivity contribution >= 4 is 17.6 Å². The van der Waals surface area contributed by atoms with Gasteiger partial charge < -0.3 is 5.32 Å². The van der Waals surface area contributed by atoms with E-state index in [0.717, 1.165) is 53.8 Å². The highest BCUT2D eigenvalue weighted by atomic mass is 16.2. The summed E-state index contributed by atoms with van der Waals surface area (Å²) >= 11 is 0. The number of hydrogen-bond acceptors (Lipinski definition) is 6. The van der Waals surface area contributed by atoms with E-state index in [2.05, 4.69) is 42.4 Å². The molecular formula is C23H29N7O2. The molecule has 2 aromatic rings. The Labute approximate surface area is 187 Å². The minimum absolute atomic E-state index is 0.0456. The zero-order valence-corrected chi connectivity index (χ0v) is 18.9. The number of fused-ring (bicyclic) bond motifs is 3. The molecule has 3 aliphatic rings. The van der Waals surface area contributed by atoms with E-state index in [0.29, 0.717) is 38.2 Å². The number of hydrogen-bond donors (Lipinski definition) is 2. The topological polar surface area (TPSA) is 115 Å². The molecule has 32 heavy (non-hydrogen) atoms. The smallest absolute Gasteiger partial charge is 0.322 e. The second-order valence-corrected chi connectivity index (χ2v) is 10.5. The summed E-state index contributed by atoms with van der Waals surface area (Å²) in [7, 11) is 0. The van der Waals surface area contributed by atoms with Gasteiger partial charge in [0, 0.05) is 30.8 Å². The van der Waals surface area contributed by atoms with E-state index >= 15 is 0 Å². The van der Waals surface area contributed by atoms with E-state index < -0.39 is 11.6 Å². The van der Waals surface area contributed by atoms with E-state index in [4.69, 9.17) is 10.1 Å². The average Bonchev–Trinajstić information content (AvgIpc) is 3.40. The van der Waals surface area contributed by atoms with Crippen LogP contribution in [-0.2, 0) is 30.6 Å². The Kier molecular flexibility index (Phi) is 4.75. The first-order valence-electron chi connectivity index (χ1n) is 11.4. The maximum absolute atomic E-state index is 12.3. The van der Waals surface area contributed by atoms with Gasteiger partial charge in [0.25, 0.3) is 5.91 Å². The molecule has 1 spiro atoms. The number of piperidine rings is 1. The Balaban J connectivity index is 1.47. The van der Waals surface area contributed by atoms with Crippen molar-refractivity contribution < 1.29 is 9.59 Å². The van der Waals surface area contributed by atoms with Crippen molar-refractivity contribution in [2.24, 2.45) is 5.41 Å². The summed E-state index contributed by atoms with van der Waals surface area (Å²) in [5.74, 6) is -0.216. The predicted molar refractivity (Wildman–Crippen MR) is 117 cm³/mol. The van der Waals surface area contributed by atoms with Crippen molar-refractivity contribution in [3.63, 3.8) is 0 Å². The molecule has 0 saturated carbocycles. The van der Waals surface area contributed by atoms with E-state index in [1.54, 1.807) is 0 Å². The summed E-state index contributed by atoms with van der Waals surface area (Å²) in [5, 5.41) is 19.9. The molecule has 9 heteroatoms. The number of carbonyl (C=O) groups excluding carboxylic acids is 2. The Morgan fingerprint density at radius 1 is 1.19 bits per heavy atom. The number of carbonyl (C=O) groups is 2. The van der Waals surface area contributed by atoms with Crippen LogP contribution in [0.25, 0.3) is 5.65 Å². The van der Waals surface area contributed by atoms with Gasteiger partial charge in [-0.15, -0.1) is 0 Å². The second kappa shape index (κ2) is 7.27. The van der Waals surface area contributed by atoms with E-state index in [1.807, 2.05) is 4.52 Å². The Morgan fingerprint density at radius 3 is 2.56 bits per heavy atom.